The van der Waals surface area contributed by atoms with Gasteiger partial charge >= 0.3 is 0 Å². The molecule has 0 fully saturated rings. The molecule has 1 unspecified atom stereocenters. The predicted octanol–water partition coefficient (Wildman–Crippen LogP) is 2.83. The number of allylic oxidation sites excluding steroid dienone is 1. The van der Waals surface area contributed by atoms with Gasteiger partial charge in [-0.15, -0.1) is 6.58 Å². The molecule has 80 valence electrons. The molecule has 2 nitrogen and oxygen atoms in total. The molecule has 0 aromatic heterocycles. The van der Waals surface area contributed by atoms with Gasteiger partial charge < -0.3 is 5.73 Å². The van der Waals surface area contributed by atoms with E-state index in [9.17, 15) is 4.79 Å². The summed E-state index contributed by atoms with van der Waals surface area (Å²) in [6.07, 6.45) is 2.18. The summed E-state index contributed by atoms with van der Waals surface area (Å²) in [5.41, 5.74) is 8.50. The number of nitrogens with two attached hydrogens (primary N) is 1. The van der Waals surface area contributed by atoms with Crippen molar-refractivity contribution in [1.29, 1.82) is 0 Å². The number of rotatable bonds is 4. The summed E-state index contributed by atoms with van der Waals surface area (Å²) in [7, 11) is 0. The second-order valence-electron chi connectivity index (χ2n) is 3.61. The highest BCUT2D eigenvalue weighted by atomic mass is 16.1. The number of nitrogen functional groups attached to an aromatic ring is 1. The summed E-state index contributed by atoms with van der Waals surface area (Å²) in [5.74, 6) is -0.109. The van der Waals surface area contributed by atoms with Crippen LogP contribution in [0.3, 0.4) is 0 Å². The Morgan fingerprint density at radius 2 is 2.27 bits per heavy atom. The molecule has 0 spiro atoms. The summed E-state index contributed by atoms with van der Waals surface area (Å²) in [4.78, 5) is 11.7. The fourth-order valence-electron chi connectivity index (χ4n) is 1.76. The topological polar surface area (TPSA) is 43.1 Å². The van der Waals surface area contributed by atoms with Crippen LogP contribution in [0.25, 0.3) is 0 Å². The van der Waals surface area contributed by atoms with Gasteiger partial charge in [0.25, 0.3) is 0 Å². The molecule has 1 aromatic rings. The number of aryl methyl sites for hydroxylation is 1. The van der Waals surface area contributed by atoms with E-state index < -0.39 is 0 Å². The quantitative estimate of drug-likeness (QED) is 0.604. The molecule has 0 heterocycles. The van der Waals surface area contributed by atoms with Crippen molar-refractivity contribution in [3.8, 4) is 0 Å². The maximum absolute atomic E-state index is 11.7. The van der Waals surface area contributed by atoms with Crippen molar-refractivity contribution in [2.24, 2.45) is 0 Å². The van der Waals surface area contributed by atoms with E-state index >= 15 is 0 Å². The van der Waals surface area contributed by atoms with Crippen molar-refractivity contribution in [2.45, 2.75) is 26.2 Å². The van der Waals surface area contributed by atoms with Gasteiger partial charge in [0.1, 0.15) is 5.78 Å². The van der Waals surface area contributed by atoms with Crippen molar-refractivity contribution in [2.75, 3.05) is 5.73 Å². The van der Waals surface area contributed by atoms with Crippen LogP contribution in [-0.4, -0.2) is 5.78 Å². The molecule has 0 saturated carbocycles. The van der Waals surface area contributed by atoms with Crippen LogP contribution in [0.2, 0.25) is 0 Å². The third-order valence-electron chi connectivity index (χ3n) is 2.60. The van der Waals surface area contributed by atoms with Crippen LogP contribution < -0.4 is 5.73 Å². The van der Waals surface area contributed by atoms with Crippen LogP contribution >= 0.6 is 0 Å². The van der Waals surface area contributed by atoms with Gasteiger partial charge in [0, 0.05) is 12.1 Å². The Morgan fingerprint density at radius 1 is 1.60 bits per heavy atom. The highest BCUT2D eigenvalue weighted by Gasteiger charge is 2.19. The Labute approximate surface area is 90.8 Å². The molecule has 0 bridgehead atoms. The van der Waals surface area contributed by atoms with Crippen molar-refractivity contribution in [3.05, 3.63) is 42.0 Å². The molecule has 15 heavy (non-hydrogen) atoms. The molecular weight excluding hydrogens is 186 g/mol. The smallest absolute Gasteiger partial charge is 0.143 e. The monoisotopic (exact) mass is 203 g/mol. The number of benzene rings is 1. The first-order valence-electron chi connectivity index (χ1n) is 5.12. The zero-order valence-corrected chi connectivity index (χ0v) is 9.29. The molecule has 2 heteroatoms. The summed E-state index contributed by atoms with van der Waals surface area (Å²) < 4.78 is 0. The average molecular weight is 203 g/mol. The van der Waals surface area contributed by atoms with Crippen LogP contribution in [0, 0.1) is 6.92 Å². The number of anilines is 1. The van der Waals surface area contributed by atoms with Crippen molar-refractivity contribution < 1.29 is 4.79 Å². The van der Waals surface area contributed by atoms with Gasteiger partial charge in [-0.2, -0.15) is 0 Å². The van der Waals surface area contributed by atoms with E-state index in [4.69, 9.17) is 5.73 Å². The second kappa shape index (κ2) is 4.78. The summed E-state index contributed by atoms with van der Waals surface area (Å²) in [6.45, 7) is 7.53. The van der Waals surface area contributed by atoms with Crippen LogP contribution in [0.15, 0.2) is 30.9 Å². The fourth-order valence-corrected chi connectivity index (χ4v) is 1.76. The average Bonchev–Trinajstić information content (AvgIpc) is 2.22. The normalized spacial score (nSPS) is 12.1. The molecule has 0 aliphatic heterocycles. The van der Waals surface area contributed by atoms with E-state index in [1.807, 2.05) is 32.0 Å². The number of carbonyl (C=O) groups excluding carboxylic acids is 1. The minimum Gasteiger partial charge on any atom is -0.398 e. The maximum Gasteiger partial charge on any atom is 0.143 e. The molecule has 0 aliphatic carbocycles. The lowest BCUT2D eigenvalue weighted by Gasteiger charge is -2.16. The lowest BCUT2D eigenvalue weighted by molar-refractivity contribution is -0.119. The highest BCUT2D eigenvalue weighted by molar-refractivity contribution is 5.89. The molecule has 1 atom stereocenters. The lowest BCUT2D eigenvalue weighted by Crippen LogP contribution is -2.12. The molecule has 1 rings (SSSR count). The number of ketones is 1. The van der Waals surface area contributed by atoms with Crippen molar-refractivity contribution in [3.63, 3.8) is 0 Å². The van der Waals surface area contributed by atoms with Gasteiger partial charge in [-0.25, -0.2) is 0 Å². The minimum atomic E-state index is -0.267. The van der Waals surface area contributed by atoms with E-state index in [0.29, 0.717) is 12.1 Å². The molecule has 0 aliphatic rings. The van der Waals surface area contributed by atoms with Crippen LogP contribution in [-0.2, 0) is 4.79 Å². The van der Waals surface area contributed by atoms with Crippen LogP contribution in [0.5, 0.6) is 0 Å². The van der Waals surface area contributed by atoms with E-state index in [-0.39, 0.29) is 11.7 Å². The molecule has 2 N–H and O–H groups in total. The Kier molecular flexibility index (Phi) is 3.67. The first-order chi connectivity index (χ1) is 7.11. The zero-order valence-electron chi connectivity index (χ0n) is 9.29. The predicted molar refractivity (Wildman–Crippen MR) is 63.8 cm³/mol. The van der Waals surface area contributed by atoms with E-state index in [2.05, 4.69) is 6.58 Å². The fraction of sp³-hybridized carbons (Fsp3) is 0.308. The third-order valence-corrected chi connectivity index (χ3v) is 2.60. The van der Waals surface area contributed by atoms with Gasteiger partial charge in [0.2, 0.25) is 0 Å². The number of hydrogen-bond donors (Lipinski definition) is 1. The molecule has 1 aromatic carbocycles. The summed E-state index contributed by atoms with van der Waals surface area (Å²) in [5, 5.41) is 0. The zero-order chi connectivity index (χ0) is 11.4. The van der Waals surface area contributed by atoms with E-state index in [1.165, 1.54) is 0 Å². The second-order valence-corrected chi connectivity index (χ2v) is 3.61. The Morgan fingerprint density at radius 3 is 2.73 bits per heavy atom. The van der Waals surface area contributed by atoms with Crippen LogP contribution in [0.4, 0.5) is 5.69 Å². The first-order valence-corrected chi connectivity index (χ1v) is 5.12. The standard InChI is InChI=1S/C13H17NO/c1-4-10(12(15)5-2)13-9(3)7-6-8-11(13)14/h4,6-8,10H,1,5,14H2,2-3H3. The Hall–Kier alpha value is -1.57. The van der Waals surface area contributed by atoms with Crippen LogP contribution in [0.1, 0.15) is 30.4 Å². The van der Waals surface area contributed by atoms with Gasteiger partial charge in [-0.05, 0) is 24.1 Å². The first kappa shape index (κ1) is 11.5. The molecular formula is C13H17NO. The number of carbonyl (C=O) groups is 1. The Balaban J connectivity index is 3.23. The number of hydrogen-bond acceptors (Lipinski definition) is 2. The molecule has 0 radical (unpaired) electrons. The van der Waals surface area contributed by atoms with Crippen molar-refractivity contribution >= 4 is 11.5 Å². The Bertz CT molecular complexity index is 362. The summed E-state index contributed by atoms with van der Waals surface area (Å²) in [6, 6.07) is 5.68. The van der Waals surface area contributed by atoms with Gasteiger partial charge in [0.05, 0.1) is 5.92 Å². The third kappa shape index (κ3) is 2.27. The van der Waals surface area contributed by atoms with Crippen molar-refractivity contribution in [1.82, 2.24) is 0 Å². The van der Waals surface area contributed by atoms with E-state index in [0.717, 1.165) is 11.1 Å². The van der Waals surface area contributed by atoms with Gasteiger partial charge in [0.15, 0.2) is 0 Å². The van der Waals surface area contributed by atoms with Gasteiger partial charge in [-0.1, -0.05) is 25.1 Å². The SMILES string of the molecule is C=CC(C(=O)CC)c1c(C)cccc1N. The highest BCUT2D eigenvalue weighted by Crippen LogP contribution is 2.28. The minimum absolute atomic E-state index is 0.158. The molecule has 0 amide bonds. The van der Waals surface area contributed by atoms with Gasteiger partial charge in [-0.3, -0.25) is 4.79 Å². The van der Waals surface area contributed by atoms with E-state index in [1.54, 1.807) is 6.08 Å². The largest absolute Gasteiger partial charge is 0.398 e. The maximum atomic E-state index is 11.7. The number of Topliss-reactive ketones (excluding diaryl/α,β-unsaturated/α-hetero) is 1. The summed E-state index contributed by atoms with van der Waals surface area (Å²) >= 11 is 0. The molecule has 0 saturated heterocycles. The lowest BCUT2D eigenvalue weighted by atomic mass is 9.89.